The highest BCUT2D eigenvalue weighted by atomic mass is 16.5. The number of amides is 1. The van der Waals surface area contributed by atoms with Crippen LogP contribution < -0.4 is 10.1 Å². The summed E-state index contributed by atoms with van der Waals surface area (Å²) in [7, 11) is 3.77. The lowest BCUT2D eigenvalue weighted by atomic mass is 9.75. The minimum Gasteiger partial charge on any atom is -0.496 e. The van der Waals surface area contributed by atoms with Gasteiger partial charge in [-0.3, -0.25) is 19.3 Å². The third kappa shape index (κ3) is 5.77. The number of para-hydroxylation sites is 1. The largest absolute Gasteiger partial charge is 0.496 e. The van der Waals surface area contributed by atoms with Crippen LogP contribution in [-0.2, 0) is 31.0 Å². The molecular formula is C28H36N6O2. The number of carbonyl (C=O) groups is 1. The zero-order valence-electron chi connectivity index (χ0n) is 21.2. The predicted molar refractivity (Wildman–Crippen MR) is 138 cm³/mol. The summed E-state index contributed by atoms with van der Waals surface area (Å²) in [6.07, 6.45) is 4.17. The molecule has 1 aromatic heterocycles. The molecule has 0 radical (unpaired) electrons. The molecule has 3 saturated heterocycles. The quantitative estimate of drug-likeness (QED) is 0.473. The number of aromatic nitrogens is 3. The molecule has 4 atom stereocenters. The highest BCUT2D eigenvalue weighted by Gasteiger charge is 2.43. The van der Waals surface area contributed by atoms with Gasteiger partial charge in [-0.15, -0.1) is 5.10 Å². The molecule has 3 aromatic rings. The lowest BCUT2D eigenvalue weighted by molar-refractivity contribution is -0.133. The first-order valence-electron chi connectivity index (χ1n) is 12.8. The van der Waals surface area contributed by atoms with Gasteiger partial charge in [0.2, 0.25) is 5.91 Å². The van der Waals surface area contributed by atoms with Crippen LogP contribution in [-0.4, -0.2) is 64.0 Å². The van der Waals surface area contributed by atoms with Crippen molar-refractivity contribution in [3.05, 3.63) is 77.6 Å². The number of piperidine rings is 3. The normalized spacial score (nSPS) is 23.1. The van der Waals surface area contributed by atoms with E-state index in [1.165, 1.54) is 5.56 Å². The molecule has 0 spiro atoms. The van der Waals surface area contributed by atoms with E-state index in [-0.39, 0.29) is 11.8 Å². The van der Waals surface area contributed by atoms with Gasteiger partial charge >= 0.3 is 0 Å². The SMILES string of the molecule is COc1ccccc1CNC(=O)C1CN2CCC1CC2Cn1cc(CN(C)Cc2ccccc2)nn1. The van der Waals surface area contributed by atoms with Gasteiger partial charge in [-0.25, -0.2) is 0 Å². The van der Waals surface area contributed by atoms with Gasteiger partial charge in [0.05, 0.1) is 25.3 Å². The Kier molecular flexibility index (Phi) is 7.63. The molecule has 3 aliphatic rings. The third-order valence-electron chi connectivity index (χ3n) is 7.57. The fourth-order valence-corrected chi connectivity index (χ4v) is 5.73. The first kappa shape index (κ1) is 24.5. The van der Waals surface area contributed by atoms with E-state index in [0.29, 0.717) is 18.5 Å². The highest BCUT2D eigenvalue weighted by Crippen LogP contribution is 2.37. The summed E-state index contributed by atoms with van der Waals surface area (Å²) >= 11 is 0. The zero-order chi connectivity index (χ0) is 24.9. The third-order valence-corrected chi connectivity index (χ3v) is 7.57. The zero-order valence-corrected chi connectivity index (χ0v) is 21.2. The number of carbonyl (C=O) groups excluding carboxylic acids is 1. The Bertz CT molecular complexity index is 1150. The van der Waals surface area contributed by atoms with Crippen LogP contribution in [0.3, 0.4) is 0 Å². The van der Waals surface area contributed by atoms with E-state index in [2.05, 4.69) is 62.9 Å². The summed E-state index contributed by atoms with van der Waals surface area (Å²) in [5, 5.41) is 12.0. The lowest BCUT2D eigenvalue weighted by Gasteiger charge is -2.49. The molecule has 3 fully saturated rings. The van der Waals surface area contributed by atoms with Crippen molar-refractivity contribution >= 4 is 5.91 Å². The summed E-state index contributed by atoms with van der Waals surface area (Å²) < 4.78 is 7.40. The molecule has 8 heteroatoms. The molecule has 36 heavy (non-hydrogen) atoms. The van der Waals surface area contributed by atoms with Crippen molar-refractivity contribution in [2.75, 3.05) is 27.2 Å². The molecule has 0 saturated carbocycles. The van der Waals surface area contributed by atoms with Gasteiger partial charge in [-0.2, -0.15) is 0 Å². The van der Waals surface area contributed by atoms with Gasteiger partial charge in [0.15, 0.2) is 0 Å². The highest BCUT2D eigenvalue weighted by molar-refractivity contribution is 5.79. The number of ether oxygens (including phenoxy) is 1. The van der Waals surface area contributed by atoms with E-state index in [1.54, 1.807) is 7.11 Å². The van der Waals surface area contributed by atoms with Crippen LogP contribution in [0.25, 0.3) is 0 Å². The standard InChI is InChI=1S/C28H36N6O2/c1-32(16-21-8-4-3-5-9-21)17-24-18-34(31-30-24)19-25-14-22-12-13-33(25)20-26(22)28(35)29-15-23-10-6-7-11-27(23)36-2/h3-11,18,22,25-26H,12-17,19-20H2,1-2H3,(H,29,35). The van der Waals surface area contributed by atoms with Crippen molar-refractivity contribution in [2.24, 2.45) is 11.8 Å². The van der Waals surface area contributed by atoms with Crippen LogP contribution in [0.2, 0.25) is 0 Å². The van der Waals surface area contributed by atoms with Gasteiger partial charge in [-0.05, 0) is 44.0 Å². The van der Waals surface area contributed by atoms with Crippen molar-refractivity contribution in [1.82, 2.24) is 30.1 Å². The Morgan fingerprint density at radius 1 is 1.14 bits per heavy atom. The molecular weight excluding hydrogens is 452 g/mol. The topological polar surface area (TPSA) is 75.5 Å². The fraction of sp³-hybridized carbons (Fsp3) is 0.464. The number of hydrogen-bond acceptors (Lipinski definition) is 6. The van der Waals surface area contributed by atoms with Gasteiger partial charge < -0.3 is 10.1 Å². The van der Waals surface area contributed by atoms with Crippen molar-refractivity contribution in [3.8, 4) is 5.75 Å². The minimum absolute atomic E-state index is 0.0441. The minimum atomic E-state index is 0.0441. The second kappa shape index (κ2) is 11.2. The predicted octanol–water partition coefficient (Wildman–Crippen LogP) is 2.95. The van der Waals surface area contributed by atoms with Crippen LogP contribution in [0.1, 0.15) is 29.7 Å². The van der Waals surface area contributed by atoms with E-state index >= 15 is 0 Å². The second-order valence-electron chi connectivity index (χ2n) is 10.2. The Labute approximate surface area is 213 Å². The average molecular weight is 489 g/mol. The number of nitrogens with one attached hydrogen (secondary N) is 1. The molecule has 2 bridgehead atoms. The van der Waals surface area contributed by atoms with Gasteiger partial charge in [0.25, 0.3) is 0 Å². The number of methoxy groups -OCH3 is 1. The Balaban J connectivity index is 1.12. The first-order valence-corrected chi connectivity index (χ1v) is 12.8. The van der Waals surface area contributed by atoms with E-state index in [0.717, 1.165) is 62.6 Å². The Morgan fingerprint density at radius 2 is 1.94 bits per heavy atom. The number of benzene rings is 2. The summed E-state index contributed by atoms with van der Waals surface area (Å²) in [6.45, 7) is 4.82. The van der Waals surface area contributed by atoms with Crippen molar-refractivity contribution in [2.45, 2.75) is 45.1 Å². The molecule has 4 heterocycles. The molecule has 1 amide bonds. The fourth-order valence-electron chi connectivity index (χ4n) is 5.73. The van der Waals surface area contributed by atoms with E-state index in [9.17, 15) is 4.79 Å². The monoisotopic (exact) mass is 488 g/mol. The first-order chi connectivity index (χ1) is 17.6. The number of rotatable bonds is 10. The Hall–Kier alpha value is -3.23. The van der Waals surface area contributed by atoms with Crippen LogP contribution in [0.4, 0.5) is 0 Å². The molecule has 4 unspecified atom stereocenters. The van der Waals surface area contributed by atoms with E-state index in [4.69, 9.17) is 4.74 Å². The van der Waals surface area contributed by atoms with Gasteiger partial charge in [0, 0.05) is 44.0 Å². The molecule has 1 N–H and O–H groups in total. The van der Waals surface area contributed by atoms with Crippen LogP contribution in [0.5, 0.6) is 5.75 Å². The molecule has 3 aliphatic heterocycles. The molecule has 0 aliphatic carbocycles. The van der Waals surface area contributed by atoms with Crippen LogP contribution in [0, 0.1) is 11.8 Å². The van der Waals surface area contributed by atoms with Gasteiger partial charge in [-0.1, -0.05) is 53.7 Å². The Morgan fingerprint density at radius 3 is 2.72 bits per heavy atom. The van der Waals surface area contributed by atoms with E-state index in [1.807, 2.05) is 35.0 Å². The summed E-state index contributed by atoms with van der Waals surface area (Å²) in [5.41, 5.74) is 3.28. The maximum atomic E-state index is 13.1. The number of fused-ring (bicyclic) bond motifs is 3. The maximum Gasteiger partial charge on any atom is 0.224 e. The summed E-state index contributed by atoms with van der Waals surface area (Å²) in [4.78, 5) is 17.8. The maximum absolute atomic E-state index is 13.1. The van der Waals surface area contributed by atoms with Crippen molar-refractivity contribution in [3.63, 3.8) is 0 Å². The lowest BCUT2D eigenvalue weighted by Crippen LogP contribution is -2.58. The van der Waals surface area contributed by atoms with Crippen LogP contribution >= 0.6 is 0 Å². The van der Waals surface area contributed by atoms with Crippen LogP contribution in [0.15, 0.2) is 60.8 Å². The van der Waals surface area contributed by atoms with Gasteiger partial charge in [0.1, 0.15) is 5.75 Å². The molecule has 8 nitrogen and oxygen atoms in total. The smallest absolute Gasteiger partial charge is 0.224 e. The molecule has 6 rings (SSSR count). The molecule has 2 aromatic carbocycles. The van der Waals surface area contributed by atoms with Crippen molar-refractivity contribution in [1.29, 1.82) is 0 Å². The second-order valence-corrected chi connectivity index (χ2v) is 10.2. The van der Waals surface area contributed by atoms with Crippen molar-refractivity contribution < 1.29 is 9.53 Å². The average Bonchev–Trinajstić information content (AvgIpc) is 3.34. The van der Waals surface area contributed by atoms with E-state index < -0.39 is 0 Å². The summed E-state index contributed by atoms with van der Waals surface area (Å²) in [6, 6.07) is 18.7. The number of nitrogens with zero attached hydrogens (tertiary/aromatic N) is 5. The summed E-state index contributed by atoms with van der Waals surface area (Å²) in [5.74, 6) is 1.42. The number of hydrogen-bond donors (Lipinski definition) is 1. The molecule has 190 valence electrons.